The fourth-order valence-electron chi connectivity index (χ4n) is 2.90. The molecule has 29 heavy (non-hydrogen) atoms. The first kappa shape index (κ1) is 21.8. The van der Waals surface area contributed by atoms with E-state index in [1.165, 1.54) is 11.3 Å². The van der Waals surface area contributed by atoms with Crippen molar-refractivity contribution in [2.75, 3.05) is 44.8 Å². The van der Waals surface area contributed by atoms with Crippen LogP contribution in [0.5, 0.6) is 11.5 Å². The highest BCUT2D eigenvalue weighted by Crippen LogP contribution is 2.37. The number of rotatable bonds is 9. The molecule has 1 saturated heterocycles. The van der Waals surface area contributed by atoms with Gasteiger partial charge in [0, 0.05) is 30.6 Å². The SMILES string of the molecule is CCCOc1c(Cl)cc(C(=O)Nc2nc(CN3CCOCC3)cs2)cc1OCC. The standard InChI is InChI=1S/C20H26ClN3O4S/c1-3-7-28-18-16(21)10-14(11-17(18)27-4-2)19(25)23-20-22-15(13-29-20)12-24-5-8-26-9-6-24/h10-11,13H,3-9,12H2,1-2H3,(H,22,23,25). The predicted molar refractivity (Wildman–Crippen MR) is 115 cm³/mol. The number of carbonyl (C=O) groups excluding carboxylic acids is 1. The van der Waals surface area contributed by atoms with E-state index in [-0.39, 0.29) is 5.91 Å². The lowest BCUT2D eigenvalue weighted by atomic mass is 10.2. The van der Waals surface area contributed by atoms with Crippen molar-refractivity contribution >= 4 is 34.0 Å². The highest BCUT2D eigenvalue weighted by atomic mass is 35.5. The van der Waals surface area contributed by atoms with Gasteiger partial charge in [0.15, 0.2) is 16.6 Å². The van der Waals surface area contributed by atoms with Crippen LogP contribution in [0.2, 0.25) is 5.02 Å². The molecule has 1 aliphatic rings. The van der Waals surface area contributed by atoms with Crippen molar-refractivity contribution in [2.45, 2.75) is 26.8 Å². The molecule has 1 aromatic carbocycles. The van der Waals surface area contributed by atoms with Crippen molar-refractivity contribution in [1.29, 1.82) is 0 Å². The van der Waals surface area contributed by atoms with Crippen LogP contribution in [0.4, 0.5) is 5.13 Å². The lowest BCUT2D eigenvalue weighted by Crippen LogP contribution is -2.35. The Morgan fingerprint density at radius 3 is 2.83 bits per heavy atom. The van der Waals surface area contributed by atoms with Crippen LogP contribution in [0.25, 0.3) is 0 Å². The molecular weight excluding hydrogens is 414 g/mol. The Labute approximate surface area is 179 Å². The van der Waals surface area contributed by atoms with Gasteiger partial charge < -0.3 is 14.2 Å². The van der Waals surface area contributed by atoms with Gasteiger partial charge in [0.25, 0.3) is 5.91 Å². The van der Waals surface area contributed by atoms with Gasteiger partial charge in [-0.3, -0.25) is 15.0 Å². The number of morpholine rings is 1. The normalized spacial score (nSPS) is 14.6. The van der Waals surface area contributed by atoms with E-state index in [9.17, 15) is 4.79 Å². The number of aromatic nitrogens is 1. The van der Waals surface area contributed by atoms with Gasteiger partial charge in [0.2, 0.25) is 0 Å². The van der Waals surface area contributed by atoms with Gasteiger partial charge in [-0.05, 0) is 25.5 Å². The van der Waals surface area contributed by atoms with Gasteiger partial charge in [-0.1, -0.05) is 18.5 Å². The summed E-state index contributed by atoms with van der Waals surface area (Å²) in [5, 5.41) is 5.71. The number of hydrogen-bond donors (Lipinski definition) is 1. The molecule has 158 valence electrons. The summed E-state index contributed by atoms with van der Waals surface area (Å²) < 4.78 is 16.7. The van der Waals surface area contributed by atoms with E-state index in [1.807, 2.05) is 19.2 Å². The first-order chi connectivity index (χ1) is 14.1. The zero-order chi connectivity index (χ0) is 20.6. The number of nitrogens with zero attached hydrogens (tertiary/aromatic N) is 2. The van der Waals surface area contributed by atoms with Crippen LogP contribution in [-0.4, -0.2) is 55.3 Å². The van der Waals surface area contributed by atoms with Crippen molar-refractivity contribution < 1.29 is 19.0 Å². The van der Waals surface area contributed by atoms with Crippen molar-refractivity contribution in [3.8, 4) is 11.5 Å². The molecule has 9 heteroatoms. The van der Waals surface area contributed by atoms with Crippen molar-refractivity contribution in [1.82, 2.24) is 9.88 Å². The van der Waals surface area contributed by atoms with Crippen molar-refractivity contribution in [2.24, 2.45) is 0 Å². The minimum absolute atomic E-state index is 0.290. The maximum Gasteiger partial charge on any atom is 0.257 e. The Kier molecular flexibility index (Phi) is 8.11. The Morgan fingerprint density at radius 1 is 1.31 bits per heavy atom. The molecule has 0 bridgehead atoms. The summed E-state index contributed by atoms with van der Waals surface area (Å²) in [6, 6.07) is 3.24. The zero-order valence-corrected chi connectivity index (χ0v) is 18.3. The van der Waals surface area contributed by atoms with Gasteiger partial charge in [-0.2, -0.15) is 0 Å². The fourth-order valence-corrected chi connectivity index (χ4v) is 3.86. The molecule has 0 saturated carbocycles. The predicted octanol–water partition coefficient (Wildman–Crippen LogP) is 4.07. The summed E-state index contributed by atoms with van der Waals surface area (Å²) in [4.78, 5) is 19.5. The molecule has 7 nitrogen and oxygen atoms in total. The van der Waals surface area contributed by atoms with Gasteiger partial charge in [0.05, 0.1) is 37.1 Å². The second kappa shape index (κ2) is 10.8. The van der Waals surface area contributed by atoms with Gasteiger partial charge in [-0.15, -0.1) is 11.3 Å². The number of hydrogen-bond acceptors (Lipinski definition) is 7. The van der Waals surface area contributed by atoms with Crippen LogP contribution in [-0.2, 0) is 11.3 Å². The van der Waals surface area contributed by atoms with E-state index in [0.29, 0.717) is 40.4 Å². The number of anilines is 1. The van der Waals surface area contributed by atoms with Gasteiger partial charge >= 0.3 is 0 Å². The number of thiazole rings is 1. The molecule has 1 aliphatic heterocycles. The molecule has 0 unspecified atom stereocenters. The summed E-state index contributed by atoms with van der Waals surface area (Å²) in [6.45, 7) is 8.88. The molecule has 1 aromatic heterocycles. The molecule has 3 rings (SSSR count). The van der Waals surface area contributed by atoms with Gasteiger partial charge in [0.1, 0.15) is 0 Å². The Hall–Kier alpha value is -1.87. The molecule has 1 fully saturated rings. The third kappa shape index (κ3) is 6.05. The van der Waals surface area contributed by atoms with Crippen LogP contribution < -0.4 is 14.8 Å². The average Bonchev–Trinajstić information content (AvgIpc) is 3.15. The smallest absolute Gasteiger partial charge is 0.257 e. The summed E-state index contributed by atoms with van der Waals surface area (Å²) in [5.41, 5.74) is 1.33. The number of amides is 1. The summed E-state index contributed by atoms with van der Waals surface area (Å²) in [7, 11) is 0. The van der Waals surface area contributed by atoms with Gasteiger partial charge in [-0.25, -0.2) is 4.98 Å². The molecule has 2 aromatic rings. The minimum Gasteiger partial charge on any atom is -0.490 e. The van der Waals surface area contributed by atoms with E-state index < -0.39 is 0 Å². The second-order valence-corrected chi connectivity index (χ2v) is 7.82. The zero-order valence-electron chi connectivity index (χ0n) is 16.7. The first-order valence-electron chi connectivity index (χ1n) is 9.75. The van der Waals surface area contributed by atoms with Crippen LogP contribution in [0.1, 0.15) is 36.3 Å². The number of ether oxygens (including phenoxy) is 3. The summed E-state index contributed by atoms with van der Waals surface area (Å²) in [6.07, 6.45) is 0.848. The van der Waals surface area contributed by atoms with E-state index in [0.717, 1.165) is 45.0 Å². The second-order valence-electron chi connectivity index (χ2n) is 6.55. The fraction of sp³-hybridized carbons (Fsp3) is 0.500. The number of halogens is 1. The van der Waals surface area contributed by atoms with Crippen LogP contribution >= 0.6 is 22.9 Å². The topological polar surface area (TPSA) is 72.9 Å². The quantitative estimate of drug-likeness (QED) is 0.635. The van der Waals surface area contributed by atoms with Crippen LogP contribution in [0, 0.1) is 0 Å². The number of benzene rings is 1. The molecule has 0 spiro atoms. The van der Waals surface area contributed by atoms with E-state index in [1.54, 1.807) is 12.1 Å². The largest absolute Gasteiger partial charge is 0.490 e. The van der Waals surface area contributed by atoms with Crippen LogP contribution in [0.15, 0.2) is 17.5 Å². The molecular formula is C20H26ClN3O4S. The lowest BCUT2D eigenvalue weighted by Gasteiger charge is -2.25. The number of nitrogens with one attached hydrogen (secondary N) is 1. The molecule has 0 radical (unpaired) electrons. The monoisotopic (exact) mass is 439 g/mol. The molecule has 2 heterocycles. The minimum atomic E-state index is -0.290. The first-order valence-corrected chi connectivity index (χ1v) is 11.0. The average molecular weight is 440 g/mol. The maximum atomic E-state index is 12.7. The Morgan fingerprint density at radius 2 is 2.10 bits per heavy atom. The van der Waals surface area contributed by atoms with E-state index >= 15 is 0 Å². The summed E-state index contributed by atoms with van der Waals surface area (Å²) >= 11 is 7.76. The van der Waals surface area contributed by atoms with Crippen molar-refractivity contribution in [3.63, 3.8) is 0 Å². The third-order valence-corrected chi connectivity index (χ3v) is 5.37. The molecule has 0 atom stereocenters. The Balaban J connectivity index is 1.68. The lowest BCUT2D eigenvalue weighted by molar-refractivity contribution is 0.0337. The molecule has 1 amide bonds. The maximum absolute atomic E-state index is 12.7. The number of carbonyl (C=O) groups is 1. The van der Waals surface area contributed by atoms with E-state index in [2.05, 4.69) is 15.2 Å². The highest BCUT2D eigenvalue weighted by molar-refractivity contribution is 7.14. The Bertz CT molecular complexity index is 824. The van der Waals surface area contributed by atoms with Crippen molar-refractivity contribution in [3.05, 3.63) is 33.8 Å². The third-order valence-electron chi connectivity index (χ3n) is 4.28. The molecule has 0 aliphatic carbocycles. The highest BCUT2D eigenvalue weighted by Gasteiger charge is 2.18. The molecule has 1 N–H and O–H groups in total. The summed E-state index contributed by atoms with van der Waals surface area (Å²) in [5.74, 6) is 0.641. The van der Waals surface area contributed by atoms with E-state index in [4.69, 9.17) is 25.8 Å². The van der Waals surface area contributed by atoms with Crippen LogP contribution in [0.3, 0.4) is 0 Å².